The van der Waals surface area contributed by atoms with E-state index in [9.17, 15) is 4.39 Å². The van der Waals surface area contributed by atoms with Gasteiger partial charge < -0.3 is 14.8 Å². The van der Waals surface area contributed by atoms with Crippen molar-refractivity contribution < 1.29 is 13.9 Å². The Bertz CT molecular complexity index is 747. The molecule has 3 rings (SSSR count). The molecule has 0 aromatic heterocycles. The van der Waals surface area contributed by atoms with E-state index in [1.165, 1.54) is 57.1 Å². The smallest absolute Gasteiger partial charge is 0.180 e. The Labute approximate surface area is 184 Å². The second-order valence-electron chi connectivity index (χ2n) is 7.45. The molecule has 6 heteroatoms. The molecule has 3 nitrogen and oxygen atoms in total. The van der Waals surface area contributed by atoms with Crippen molar-refractivity contribution in [3.8, 4) is 11.5 Å². The van der Waals surface area contributed by atoms with Crippen LogP contribution in [0.3, 0.4) is 0 Å². The lowest BCUT2D eigenvalue weighted by molar-refractivity contribution is 0.284. The fourth-order valence-electron chi connectivity index (χ4n) is 3.67. The summed E-state index contributed by atoms with van der Waals surface area (Å²) in [5.74, 6) is 0.868. The topological polar surface area (TPSA) is 30.5 Å². The maximum absolute atomic E-state index is 13.0. The third-order valence-electron chi connectivity index (χ3n) is 5.29. The zero-order chi connectivity index (χ0) is 19.8. The minimum absolute atomic E-state index is 0. The first-order valence-electron chi connectivity index (χ1n) is 10.1. The molecule has 0 spiro atoms. The van der Waals surface area contributed by atoms with E-state index >= 15 is 0 Å². The van der Waals surface area contributed by atoms with Gasteiger partial charge in [0.15, 0.2) is 11.5 Å². The Morgan fingerprint density at radius 1 is 1.00 bits per heavy atom. The quantitative estimate of drug-likeness (QED) is 0.518. The summed E-state index contributed by atoms with van der Waals surface area (Å²) in [5.41, 5.74) is 1.95. The summed E-state index contributed by atoms with van der Waals surface area (Å²) in [7, 11) is 1.61. The molecular weight excluding hydrogens is 412 g/mol. The highest BCUT2D eigenvalue weighted by atomic mass is 35.5. The number of hydrogen-bond acceptors (Lipinski definition) is 3. The molecule has 0 radical (unpaired) electrons. The molecule has 1 aliphatic carbocycles. The molecule has 0 unspecified atom stereocenters. The average Bonchev–Trinajstić information content (AvgIpc) is 2.67. The van der Waals surface area contributed by atoms with E-state index in [1.807, 2.05) is 12.1 Å². The lowest BCUT2D eigenvalue weighted by Crippen LogP contribution is -2.29. The Morgan fingerprint density at radius 3 is 2.31 bits per heavy atom. The average molecular weight is 442 g/mol. The minimum Gasteiger partial charge on any atom is -0.493 e. The highest BCUT2D eigenvalue weighted by Crippen LogP contribution is 2.37. The SMILES string of the molecule is COc1cc(CNC2CCCCCCC2)cc(Cl)c1OCc1ccc(F)cc1.Cl. The lowest BCUT2D eigenvalue weighted by Gasteiger charge is -2.21. The van der Waals surface area contributed by atoms with Gasteiger partial charge >= 0.3 is 0 Å². The molecule has 1 saturated carbocycles. The van der Waals surface area contributed by atoms with E-state index in [4.69, 9.17) is 21.1 Å². The van der Waals surface area contributed by atoms with Crippen LogP contribution in [0.4, 0.5) is 4.39 Å². The molecule has 0 saturated heterocycles. The van der Waals surface area contributed by atoms with Crippen molar-refractivity contribution in [1.29, 1.82) is 0 Å². The van der Waals surface area contributed by atoms with Crippen LogP contribution >= 0.6 is 24.0 Å². The van der Waals surface area contributed by atoms with Crippen LogP contribution in [0, 0.1) is 5.82 Å². The molecule has 0 aliphatic heterocycles. The number of rotatable bonds is 7. The van der Waals surface area contributed by atoms with E-state index in [0.717, 1.165) is 17.7 Å². The van der Waals surface area contributed by atoms with Crippen LogP contribution in [0.25, 0.3) is 0 Å². The van der Waals surface area contributed by atoms with Crippen LogP contribution in [0.5, 0.6) is 11.5 Å². The van der Waals surface area contributed by atoms with E-state index in [2.05, 4.69) is 5.32 Å². The van der Waals surface area contributed by atoms with Crippen molar-refractivity contribution in [2.24, 2.45) is 0 Å². The first-order valence-corrected chi connectivity index (χ1v) is 10.5. The van der Waals surface area contributed by atoms with Gasteiger partial charge in [-0.1, -0.05) is 55.8 Å². The van der Waals surface area contributed by atoms with Gasteiger partial charge in [-0.2, -0.15) is 0 Å². The second kappa shape index (κ2) is 12.3. The zero-order valence-corrected chi connectivity index (χ0v) is 18.5. The lowest BCUT2D eigenvalue weighted by atomic mass is 9.96. The van der Waals surface area contributed by atoms with Crippen LogP contribution in [-0.2, 0) is 13.2 Å². The van der Waals surface area contributed by atoms with Gasteiger partial charge in [0.25, 0.3) is 0 Å². The first-order chi connectivity index (χ1) is 13.7. The van der Waals surface area contributed by atoms with E-state index in [0.29, 0.717) is 29.2 Å². The van der Waals surface area contributed by atoms with Crippen molar-refractivity contribution in [2.45, 2.75) is 64.1 Å². The fraction of sp³-hybridized carbons (Fsp3) is 0.478. The number of hydrogen-bond donors (Lipinski definition) is 1. The second-order valence-corrected chi connectivity index (χ2v) is 7.85. The maximum Gasteiger partial charge on any atom is 0.180 e. The number of methoxy groups -OCH3 is 1. The highest BCUT2D eigenvalue weighted by molar-refractivity contribution is 6.32. The molecule has 1 N–H and O–H groups in total. The zero-order valence-electron chi connectivity index (χ0n) is 16.9. The number of ether oxygens (including phenoxy) is 2. The fourth-order valence-corrected chi connectivity index (χ4v) is 3.96. The molecule has 0 amide bonds. The molecule has 0 heterocycles. The van der Waals surface area contributed by atoms with Gasteiger partial charge in [0.05, 0.1) is 12.1 Å². The van der Waals surface area contributed by atoms with Crippen molar-refractivity contribution in [2.75, 3.05) is 7.11 Å². The van der Waals surface area contributed by atoms with Gasteiger partial charge in [0.2, 0.25) is 0 Å². The molecule has 160 valence electrons. The monoisotopic (exact) mass is 441 g/mol. The summed E-state index contributed by atoms with van der Waals surface area (Å²) in [4.78, 5) is 0. The van der Waals surface area contributed by atoms with Crippen molar-refractivity contribution in [3.63, 3.8) is 0 Å². The van der Waals surface area contributed by atoms with E-state index < -0.39 is 0 Å². The molecule has 0 atom stereocenters. The van der Waals surface area contributed by atoms with Gasteiger partial charge in [0.1, 0.15) is 12.4 Å². The van der Waals surface area contributed by atoms with Crippen molar-refractivity contribution in [1.82, 2.24) is 5.32 Å². The Morgan fingerprint density at radius 2 is 1.66 bits per heavy atom. The van der Waals surface area contributed by atoms with Crippen LogP contribution in [0.1, 0.15) is 56.1 Å². The third-order valence-corrected chi connectivity index (χ3v) is 5.57. The van der Waals surface area contributed by atoms with Crippen molar-refractivity contribution >= 4 is 24.0 Å². The summed E-state index contributed by atoms with van der Waals surface area (Å²) in [6.07, 6.45) is 9.15. The standard InChI is InChI=1S/C23H29ClFNO2.ClH/c1-27-22-14-18(15-26-20-7-5-3-2-4-6-8-20)13-21(24)23(22)28-16-17-9-11-19(25)12-10-17;/h9-14,20,26H,2-8,15-16H2,1H3;1H. The summed E-state index contributed by atoms with van der Waals surface area (Å²) in [5, 5.41) is 4.20. The van der Waals surface area contributed by atoms with Crippen molar-refractivity contribution in [3.05, 3.63) is 58.4 Å². The van der Waals surface area contributed by atoms with Crippen LogP contribution in [0.15, 0.2) is 36.4 Å². The minimum atomic E-state index is -0.263. The van der Waals surface area contributed by atoms with Crippen LogP contribution < -0.4 is 14.8 Å². The largest absolute Gasteiger partial charge is 0.493 e. The molecular formula is C23H30Cl2FNO2. The predicted molar refractivity (Wildman–Crippen MR) is 119 cm³/mol. The Kier molecular flexibility index (Phi) is 10.1. The summed E-state index contributed by atoms with van der Waals surface area (Å²) >= 11 is 6.48. The summed E-state index contributed by atoms with van der Waals surface area (Å²) in [6, 6.07) is 10.7. The third kappa shape index (κ3) is 7.36. The Hall–Kier alpha value is -1.49. The van der Waals surface area contributed by atoms with Crippen LogP contribution in [-0.4, -0.2) is 13.2 Å². The molecule has 2 aromatic carbocycles. The molecule has 0 bridgehead atoms. The van der Waals surface area contributed by atoms with Crippen LogP contribution in [0.2, 0.25) is 5.02 Å². The molecule has 1 aliphatic rings. The maximum atomic E-state index is 13.0. The van der Waals surface area contributed by atoms with Gasteiger partial charge in [0, 0.05) is 12.6 Å². The number of nitrogens with one attached hydrogen (secondary N) is 1. The normalized spacial score (nSPS) is 15.1. The first kappa shape index (κ1) is 23.8. The molecule has 29 heavy (non-hydrogen) atoms. The number of benzene rings is 2. The van der Waals surface area contributed by atoms with Gasteiger partial charge in [-0.15, -0.1) is 12.4 Å². The highest BCUT2D eigenvalue weighted by Gasteiger charge is 2.15. The molecule has 2 aromatic rings. The van der Waals surface area contributed by atoms with Gasteiger partial charge in [-0.05, 0) is 48.2 Å². The predicted octanol–water partition coefficient (Wildman–Crippen LogP) is 6.69. The van der Waals surface area contributed by atoms with Gasteiger partial charge in [-0.25, -0.2) is 4.39 Å². The Balaban J connectivity index is 0.00000300. The number of halogens is 3. The summed E-state index contributed by atoms with van der Waals surface area (Å²) < 4.78 is 24.4. The molecule has 1 fully saturated rings. The van der Waals surface area contributed by atoms with Gasteiger partial charge in [-0.3, -0.25) is 0 Å². The van der Waals surface area contributed by atoms with E-state index in [1.54, 1.807) is 19.2 Å². The summed E-state index contributed by atoms with van der Waals surface area (Å²) in [6.45, 7) is 1.06. The van der Waals surface area contributed by atoms with E-state index in [-0.39, 0.29) is 18.2 Å².